The fourth-order valence-corrected chi connectivity index (χ4v) is 1.77. The van der Waals surface area contributed by atoms with Gasteiger partial charge in [-0.1, -0.05) is 0 Å². The Labute approximate surface area is 138 Å². The molecule has 126 valence electrons. The molecule has 8 nitrogen and oxygen atoms in total. The van der Waals surface area contributed by atoms with E-state index in [9.17, 15) is 14.9 Å². The number of amides is 1. The highest BCUT2D eigenvalue weighted by molar-refractivity contribution is 5.72. The number of pyridine rings is 1. The van der Waals surface area contributed by atoms with Crippen LogP contribution in [0, 0.1) is 10.1 Å². The Morgan fingerprint density at radius 2 is 1.75 bits per heavy atom. The smallest absolute Gasteiger partial charge is 0.363 e. The summed E-state index contributed by atoms with van der Waals surface area (Å²) in [5.74, 6) is 0.612. The number of nitro groups is 1. The fraction of sp³-hybridized carbons (Fsp3) is 0.250. The first kappa shape index (κ1) is 17.4. The van der Waals surface area contributed by atoms with Crippen LogP contribution in [-0.2, 0) is 9.63 Å². The standard InChI is InChI=1S/C16H17N3O5/c1-16(2,3)24-18(11-20)12-4-6-13(7-5-12)23-14-8-9-15(17-10-14)19(21)22/h4-11H,1-3H3. The zero-order chi connectivity index (χ0) is 17.7. The van der Waals surface area contributed by atoms with Gasteiger partial charge >= 0.3 is 5.82 Å². The molecule has 0 saturated carbocycles. The number of rotatable bonds is 6. The molecule has 0 N–H and O–H groups in total. The highest BCUT2D eigenvalue weighted by Crippen LogP contribution is 2.25. The Hall–Kier alpha value is -3.00. The lowest BCUT2D eigenvalue weighted by Crippen LogP contribution is -2.32. The fourth-order valence-electron chi connectivity index (χ4n) is 1.77. The number of aromatic nitrogens is 1. The maximum atomic E-state index is 11.2. The SMILES string of the molecule is CC(C)(C)ON(C=O)c1ccc(Oc2ccc([N+](=O)[O-])nc2)cc1. The number of anilines is 1. The van der Waals surface area contributed by atoms with E-state index >= 15 is 0 Å². The number of hydrogen-bond donors (Lipinski definition) is 0. The quantitative estimate of drug-likeness (QED) is 0.457. The number of nitrogens with zero attached hydrogens (tertiary/aromatic N) is 3. The summed E-state index contributed by atoms with van der Waals surface area (Å²) in [5, 5.41) is 11.7. The second kappa shape index (κ2) is 7.05. The Morgan fingerprint density at radius 1 is 1.12 bits per heavy atom. The van der Waals surface area contributed by atoms with Crippen molar-refractivity contribution < 1.29 is 19.3 Å². The van der Waals surface area contributed by atoms with Gasteiger partial charge < -0.3 is 14.9 Å². The molecule has 24 heavy (non-hydrogen) atoms. The number of carbonyl (C=O) groups excluding carboxylic acids is 1. The van der Waals surface area contributed by atoms with Crippen molar-refractivity contribution in [3.05, 3.63) is 52.7 Å². The second-order valence-electron chi connectivity index (χ2n) is 5.84. The van der Waals surface area contributed by atoms with Crippen molar-refractivity contribution in [2.24, 2.45) is 0 Å². The van der Waals surface area contributed by atoms with Crippen LogP contribution < -0.4 is 9.80 Å². The van der Waals surface area contributed by atoms with Crippen molar-refractivity contribution in [3.8, 4) is 11.5 Å². The van der Waals surface area contributed by atoms with E-state index < -0.39 is 10.5 Å². The summed E-state index contributed by atoms with van der Waals surface area (Å²) in [6, 6.07) is 9.34. The normalized spacial score (nSPS) is 11.0. The minimum atomic E-state index is -0.582. The van der Waals surface area contributed by atoms with Gasteiger partial charge in [-0.2, -0.15) is 5.06 Å². The van der Waals surface area contributed by atoms with Gasteiger partial charge in [0.15, 0.2) is 11.9 Å². The molecule has 0 unspecified atom stereocenters. The van der Waals surface area contributed by atoms with E-state index in [4.69, 9.17) is 9.57 Å². The number of benzene rings is 1. The topological polar surface area (TPSA) is 94.8 Å². The third-order valence-corrected chi connectivity index (χ3v) is 2.70. The molecular weight excluding hydrogens is 314 g/mol. The maximum Gasteiger partial charge on any atom is 0.363 e. The van der Waals surface area contributed by atoms with E-state index in [-0.39, 0.29) is 5.82 Å². The summed E-state index contributed by atoms with van der Waals surface area (Å²) in [7, 11) is 0. The molecule has 0 atom stereocenters. The Bertz CT molecular complexity index is 708. The average Bonchev–Trinajstić information content (AvgIpc) is 2.53. The molecule has 2 aromatic rings. The molecule has 0 fully saturated rings. The zero-order valence-corrected chi connectivity index (χ0v) is 13.5. The first-order chi connectivity index (χ1) is 11.3. The summed E-state index contributed by atoms with van der Waals surface area (Å²) in [6.07, 6.45) is 1.86. The lowest BCUT2D eigenvalue weighted by Gasteiger charge is -2.26. The van der Waals surface area contributed by atoms with E-state index in [1.54, 1.807) is 24.3 Å². The Kier molecular flexibility index (Phi) is 5.10. The van der Waals surface area contributed by atoms with Crippen LogP contribution in [-0.4, -0.2) is 21.9 Å². The highest BCUT2D eigenvalue weighted by Gasteiger charge is 2.17. The molecule has 0 radical (unpaired) electrons. The van der Waals surface area contributed by atoms with E-state index in [0.717, 1.165) is 5.06 Å². The molecule has 0 saturated heterocycles. The Balaban J connectivity index is 2.08. The van der Waals surface area contributed by atoms with Gasteiger partial charge in [0.05, 0.1) is 11.3 Å². The molecule has 8 heteroatoms. The van der Waals surface area contributed by atoms with Crippen LogP contribution in [0.2, 0.25) is 0 Å². The monoisotopic (exact) mass is 331 g/mol. The minimum absolute atomic E-state index is 0.251. The van der Waals surface area contributed by atoms with Gasteiger partial charge in [0, 0.05) is 6.07 Å². The van der Waals surface area contributed by atoms with Crippen molar-refractivity contribution in [1.82, 2.24) is 4.98 Å². The van der Waals surface area contributed by atoms with Crippen LogP contribution in [0.15, 0.2) is 42.6 Å². The van der Waals surface area contributed by atoms with Crippen LogP contribution >= 0.6 is 0 Å². The maximum absolute atomic E-state index is 11.2. The van der Waals surface area contributed by atoms with Gasteiger partial charge in [0.25, 0.3) is 0 Å². The van der Waals surface area contributed by atoms with E-state index in [2.05, 4.69) is 4.98 Å². The number of carbonyl (C=O) groups is 1. The first-order valence-electron chi connectivity index (χ1n) is 7.10. The number of hydrogen-bond acceptors (Lipinski definition) is 6. The van der Waals surface area contributed by atoms with Crippen molar-refractivity contribution >= 4 is 17.9 Å². The summed E-state index contributed by atoms with van der Waals surface area (Å²) < 4.78 is 5.55. The highest BCUT2D eigenvalue weighted by atomic mass is 16.7. The molecule has 0 aliphatic heterocycles. The third kappa shape index (κ3) is 4.75. The lowest BCUT2D eigenvalue weighted by molar-refractivity contribution is -0.389. The second-order valence-corrected chi connectivity index (χ2v) is 5.84. The first-order valence-corrected chi connectivity index (χ1v) is 7.10. The summed E-state index contributed by atoms with van der Waals surface area (Å²) in [5.41, 5.74) is 0.0367. The van der Waals surface area contributed by atoms with E-state index in [1.807, 2.05) is 20.8 Å². The molecule has 2 rings (SSSR count). The van der Waals surface area contributed by atoms with Crippen LogP contribution in [0.5, 0.6) is 11.5 Å². The molecule has 0 spiro atoms. The van der Waals surface area contributed by atoms with Crippen molar-refractivity contribution in [2.75, 3.05) is 5.06 Å². The van der Waals surface area contributed by atoms with Crippen molar-refractivity contribution in [3.63, 3.8) is 0 Å². The van der Waals surface area contributed by atoms with E-state index in [0.29, 0.717) is 23.6 Å². The minimum Gasteiger partial charge on any atom is -0.453 e. The van der Waals surface area contributed by atoms with Crippen molar-refractivity contribution in [1.29, 1.82) is 0 Å². The molecular formula is C16H17N3O5. The van der Waals surface area contributed by atoms with Crippen LogP contribution in [0.1, 0.15) is 20.8 Å². The number of ether oxygens (including phenoxy) is 1. The largest absolute Gasteiger partial charge is 0.453 e. The molecule has 1 aromatic carbocycles. The van der Waals surface area contributed by atoms with Crippen LogP contribution in [0.3, 0.4) is 0 Å². The van der Waals surface area contributed by atoms with Crippen LogP contribution in [0.25, 0.3) is 0 Å². The summed E-state index contributed by atoms with van der Waals surface area (Å²) in [6.45, 7) is 5.51. The predicted molar refractivity (Wildman–Crippen MR) is 86.8 cm³/mol. The van der Waals surface area contributed by atoms with Crippen LogP contribution in [0.4, 0.5) is 11.5 Å². The molecule has 1 amide bonds. The van der Waals surface area contributed by atoms with Gasteiger partial charge in [0.2, 0.25) is 6.41 Å². The van der Waals surface area contributed by atoms with E-state index in [1.165, 1.54) is 18.3 Å². The molecule has 0 bridgehead atoms. The van der Waals surface area contributed by atoms with Gasteiger partial charge in [-0.15, -0.1) is 0 Å². The summed E-state index contributed by atoms with van der Waals surface area (Å²) >= 11 is 0. The number of hydroxylamine groups is 1. The van der Waals surface area contributed by atoms with Gasteiger partial charge in [0.1, 0.15) is 5.75 Å². The lowest BCUT2D eigenvalue weighted by atomic mass is 10.2. The van der Waals surface area contributed by atoms with Crippen molar-refractivity contribution in [2.45, 2.75) is 26.4 Å². The van der Waals surface area contributed by atoms with Gasteiger partial charge in [-0.05, 0) is 61.0 Å². The summed E-state index contributed by atoms with van der Waals surface area (Å²) in [4.78, 5) is 30.3. The molecule has 1 heterocycles. The van der Waals surface area contributed by atoms with Gasteiger partial charge in [-0.3, -0.25) is 9.63 Å². The zero-order valence-electron chi connectivity index (χ0n) is 13.5. The van der Waals surface area contributed by atoms with Gasteiger partial charge in [-0.25, -0.2) is 0 Å². The molecule has 0 aliphatic carbocycles. The average molecular weight is 331 g/mol. The molecule has 0 aliphatic rings. The predicted octanol–water partition coefficient (Wildman–Crippen LogP) is 3.48. The third-order valence-electron chi connectivity index (χ3n) is 2.70. The molecule has 1 aromatic heterocycles. The Morgan fingerprint density at radius 3 is 2.21 bits per heavy atom.